The van der Waals surface area contributed by atoms with Crippen LogP contribution in [0.3, 0.4) is 0 Å². The number of phenols is 1. The van der Waals surface area contributed by atoms with Crippen LogP contribution in [0.25, 0.3) is 0 Å². The van der Waals surface area contributed by atoms with E-state index in [2.05, 4.69) is 10.2 Å². The van der Waals surface area contributed by atoms with E-state index in [4.69, 9.17) is 5.11 Å². The van der Waals surface area contributed by atoms with Crippen LogP contribution in [-0.2, 0) is 9.59 Å². The molecular weight excluding hydrogens is 354 g/mol. The fourth-order valence-corrected chi connectivity index (χ4v) is 3.43. The number of carbonyl (C=O) groups is 2. The summed E-state index contributed by atoms with van der Waals surface area (Å²) in [6.45, 7) is 0. The van der Waals surface area contributed by atoms with Gasteiger partial charge >= 0.3 is 5.97 Å². The van der Waals surface area contributed by atoms with Crippen LogP contribution in [0.15, 0.2) is 64.8 Å². The molecule has 2 N–H and O–H groups in total. The second-order valence-electron chi connectivity index (χ2n) is 5.43. The number of aliphatic carboxylic acids is 1. The summed E-state index contributed by atoms with van der Waals surface area (Å²) in [6, 6.07) is 15.4. The summed E-state index contributed by atoms with van der Waals surface area (Å²) >= 11 is 1.06. The van der Waals surface area contributed by atoms with E-state index in [-0.39, 0.29) is 18.1 Å². The topological polar surface area (TPSA) is 103 Å². The Morgan fingerprint density at radius 1 is 1.15 bits per heavy atom. The maximum absolute atomic E-state index is 12.6. The number of thioether (sulfide) groups is 1. The summed E-state index contributed by atoms with van der Waals surface area (Å²) in [5, 5.41) is 26.1. The van der Waals surface area contributed by atoms with Crippen molar-refractivity contribution in [2.45, 2.75) is 11.7 Å². The molecule has 7 nitrogen and oxygen atoms in total. The number of amidine groups is 1. The van der Waals surface area contributed by atoms with E-state index in [0.29, 0.717) is 10.9 Å². The fraction of sp³-hybridized carbons (Fsp3) is 0.111. The van der Waals surface area contributed by atoms with Gasteiger partial charge in [-0.3, -0.25) is 14.5 Å². The van der Waals surface area contributed by atoms with Crippen LogP contribution in [0, 0.1) is 0 Å². The number of phenolic OH excluding ortho intramolecular Hbond substituents is 1. The second-order valence-corrected chi connectivity index (χ2v) is 6.60. The molecule has 1 atom stereocenters. The third-order valence-electron chi connectivity index (χ3n) is 3.55. The fourth-order valence-electron chi connectivity index (χ4n) is 2.35. The van der Waals surface area contributed by atoms with E-state index in [1.54, 1.807) is 18.3 Å². The summed E-state index contributed by atoms with van der Waals surface area (Å²) in [5.41, 5.74) is 1.34. The molecule has 1 heterocycles. The van der Waals surface area contributed by atoms with Gasteiger partial charge in [0.05, 0.1) is 18.3 Å². The Bertz CT molecular complexity index is 866. The Morgan fingerprint density at radius 2 is 1.85 bits per heavy atom. The van der Waals surface area contributed by atoms with Crippen LogP contribution in [0.4, 0.5) is 5.69 Å². The maximum Gasteiger partial charge on any atom is 0.305 e. The molecule has 1 saturated heterocycles. The minimum atomic E-state index is -1.06. The molecule has 3 rings (SSSR count). The molecule has 0 bridgehead atoms. The van der Waals surface area contributed by atoms with E-state index in [0.717, 1.165) is 17.3 Å². The first kappa shape index (κ1) is 17.7. The number of hydrogen-bond acceptors (Lipinski definition) is 6. The lowest BCUT2D eigenvalue weighted by Gasteiger charge is -2.15. The third kappa shape index (κ3) is 4.09. The molecule has 2 aromatic carbocycles. The Balaban J connectivity index is 1.90. The number of rotatable bonds is 5. The highest BCUT2D eigenvalue weighted by atomic mass is 32.2. The van der Waals surface area contributed by atoms with E-state index in [9.17, 15) is 14.7 Å². The molecule has 0 radical (unpaired) electrons. The summed E-state index contributed by atoms with van der Waals surface area (Å²) in [4.78, 5) is 24.9. The minimum absolute atomic E-state index is 0.0655. The predicted octanol–water partition coefficient (Wildman–Crippen LogP) is 2.71. The van der Waals surface area contributed by atoms with Crippen molar-refractivity contribution in [3.63, 3.8) is 0 Å². The van der Waals surface area contributed by atoms with Gasteiger partial charge in [-0.25, -0.2) is 0 Å². The van der Waals surface area contributed by atoms with Crippen LogP contribution in [0.1, 0.15) is 12.0 Å². The van der Waals surface area contributed by atoms with E-state index in [1.807, 2.05) is 30.3 Å². The lowest BCUT2D eigenvalue weighted by Crippen LogP contribution is -2.32. The van der Waals surface area contributed by atoms with Gasteiger partial charge in [0.25, 0.3) is 0 Å². The SMILES string of the molecule is O=C(O)C[C@@H]1S/C(=N\N=C/c2ccccc2)N(c2ccc(O)cc2)C1=O. The molecule has 0 aliphatic carbocycles. The van der Waals surface area contributed by atoms with Crippen LogP contribution >= 0.6 is 11.8 Å². The van der Waals surface area contributed by atoms with Gasteiger partial charge in [-0.1, -0.05) is 42.1 Å². The summed E-state index contributed by atoms with van der Waals surface area (Å²) < 4.78 is 0. The monoisotopic (exact) mass is 369 g/mol. The molecule has 0 spiro atoms. The maximum atomic E-state index is 12.6. The number of amides is 1. The van der Waals surface area contributed by atoms with Gasteiger partial charge in [-0.15, -0.1) is 5.10 Å². The number of carboxylic acids is 1. The zero-order chi connectivity index (χ0) is 18.5. The van der Waals surface area contributed by atoms with Crippen molar-refractivity contribution in [2.24, 2.45) is 10.2 Å². The second kappa shape index (κ2) is 7.83. The largest absolute Gasteiger partial charge is 0.508 e. The average Bonchev–Trinajstić information content (AvgIpc) is 2.92. The van der Waals surface area contributed by atoms with Gasteiger partial charge in [0.1, 0.15) is 11.0 Å². The molecular formula is C18H15N3O4S. The quantitative estimate of drug-likeness (QED) is 0.623. The van der Waals surface area contributed by atoms with E-state index >= 15 is 0 Å². The van der Waals surface area contributed by atoms with Gasteiger partial charge in [0.2, 0.25) is 5.91 Å². The van der Waals surface area contributed by atoms with Crippen molar-refractivity contribution in [1.82, 2.24) is 0 Å². The Kier molecular flexibility index (Phi) is 5.33. The molecule has 8 heteroatoms. The first-order valence-electron chi connectivity index (χ1n) is 7.72. The number of carboxylic acid groups (broad SMARTS) is 1. The van der Waals surface area contributed by atoms with Crippen molar-refractivity contribution >= 4 is 40.7 Å². The standard InChI is InChI=1S/C18H15N3O4S/c22-14-8-6-13(7-9-14)21-17(25)15(10-16(23)24)26-18(21)20-19-11-12-4-2-1-3-5-12/h1-9,11,15,22H,10H2,(H,23,24)/b19-11-,20-18-/t15-/m0/s1. The van der Waals surface area contributed by atoms with E-state index < -0.39 is 11.2 Å². The van der Waals surface area contributed by atoms with Gasteiger partial charge in [-0.05, 0) is 29.8 Å². The Labute approximate surface area is 153 Å². The van der Waals surface area contributed by atoms with Gasteiger partial charge in [0, 0.05) is 0 Å². The normalized spacial score (nSPS) is 18.8. The molecule has 1 amide bonds. The minimum Gasteiger partial charge on any atom is -0.508 e. The van der Waals surface area contributed by atoms with Crippen LogP contribution < -0.4 is 4.90 Å². The van der Waals surface area contributed by atoms with Crippen molar-refractivity contribution in [1.29, 1.82) is 0 Å². The van der Waals surface area contributed by atoms with Gasteiger partial charge in [0.15, 0.2) is 5.17 Å². The summed E-state index contributed by atoms with van der Waals surface area (Å²) in [6.07, 6.45) is 1.25. The molecule has 1 aliphatic rings. The number of hydrogen-bond donors (Lipinski definition) is 2. The number of benzene rings is 2. The number of aromatic hydroxyl groups is 1. The molecule has 0 unspecified atom stereocenters. The lowest BCUT2D eigenvalue weighted by atomic mass is 10.2. The summed E-state index contributed by atoms with van der Waals surface area (Å²) in [5.74, 6) is -1.37. The van der Waals surface area contributed by atoms with Crippen LogP contribution in [0.5, 0.6) is 5.75 Å². The number of carbonyl (C=O) groups excluding carboxylic acids is 1. The van der Waals surface area contributed by atoms with Gasteiger partial charge < -0.3 is 10.2 Å². The van der Waals surface area contributed by atoms with Crippen LogP contribution in [-0.4, -0.2) is 38.7 Å². The van der Waals surface area contributed by atoms with E-state index in [1.165, 1.54) is 17.0 Å². The van der Waals surface area contributed by atoms with Crippen LogP contribution in [0.2, 0.25) is 0 Å². The zero-order valence-electron chi connectivity index (χ0n) is 13.5. The Hall–Kier alpha value is -3.13. The number of nitrogens with zero attached hydrogens (tertiary/aromatic N) is 3. The van der Waals surface area contributed by atoms with Crippen molar-refractivity contribution in [3.05, 3.63) is 60.2 Å². The first-order chi connectivity index (χ1) is 12.5. The molecule has 26 heavy (non-hydrogen) atoms. The third-order valence-corrected chi connectivity index (χ3v) is 4.68. The first-order valence-corrected chi connectivity index (χ1v) is 8.60. The van der Waals surface area contributed by atoms with Gasteiger partial charge in [-0.2, -0.15) is 5.10 Å². The lowest BCUT2D eigenvalue weighted by molar-refractivity contribution is -0.138. The van der Waals surface area contributed by atoms with Crippen molar-refractivity contribution in [2.75, 3.05) is 4.90 Å². The highest BCUT2D eigenvalue weighted by Gasteiger charge is 2.40. The van der Waals surface area contributed by atoms with Crippen molar-refractivity contribution < 1.29 is 19.8 Å². The predicted molar refractivity (Wildman–Crippen MR) is 101 cm³/mol. The number of anilines is 1. The highest BCUT2D eigenvalue weighted by Crippen LogP contribution is 2.34. The smallest absolute Gasteiger partial charge is 0.305 e. The average molecular weight is 369 g/mol. The molecule has 0 saturated carbocycles. The Morgan fingerprint density at radius 3 is 2.50 bits per heavy atom. The molecule has 1 aliphatic heterocycles. The molecule has 1 fully saturated rings. The summed E-state index contributed by atoms with van der Waals surface area (Å²) in [7, 11) is 0. The van der Waals surface area contributed by atoms with Crippen molar-refractivity contribution in [3.8, 4) is 5.75 Å². The highest BCUT2D eigenvalue weighted by molar-refractivity contribution is 8.16. The molecule has 2 aromatic rings. The zero-order valence-corrected chi connectivity index (χ0v) is 14.3. The molecule has 132 valence electrons. The molecule has 0 aromatic heterocycles.